The monoisotopic (exact) mass is 455 g/mol. The molecule has 2 N–H and O–H groups in total. The summed E-state index contributed by atoms with van der Waals surface area (Å²) in [4.78, 5) is 28.7. The molecule has 3 aromatic rings. The minimum Gasteiger partial charge on any atom is -0.346 e. The summed E-state index contributed by atoms with van der Waals surface area (Å²) >= 11 is 2.59. The highest BCUT2D eigenvalue weighted by molar-refractivity contribution is 7.14. The molecule has 4 rings (SSSR count). The van der Waals surface area contributed by atoms with E-state index < -0.39 is 0 Å². The van der Waals surface area contributed by atoms with Crippen molar-refractivity contribution >= 4 is 39.9 Å². The summed E-state index contributed by atoms with van der Waals surface area (Å²) in [5.41, 5.74) is 2.10. The van der Waals surface area contributed by atoms with Crippen molar-refractivity contribution in [1.29, 1.82) is 5.26 Å². The molecule has 0 bridgehead atoms. The lowest BCUT2D eigenvalue weighted by molar-refractivity contribution is 0.0947. The number of aryl methyl sites for hydroxylation is 1. The van der Waals surface area contributed by atoms with E-state index in [1.54, 1.807) is 11.6 Å². The summed E-state index contributed by atoms with van der Waals surface area (Å²) < 4.78 is 3.86. The summed E-state index contributed by atoms with van der Waals surface area (Å²) in [6.07, 6.45) is 3.80. The third-order valence-corrected chi connectivity index (χ3v) is 6.59. The van der Waals surface area contributed by atoms with Crippen LogP contribution in [0.4, 0.5) is 11.1 Å². The molecule has 160 valence electrons. The molecule has 1 atom stereocenters. The molecule has 0 unspecified atom stereocenters. The van der Waals surface area contributed by atoms with E-state index >= 15 is 0 Å². The lowest BCUT2D eigenvalue weighted by Crippen LogP contribution is -2.34. The molecule has 31 heavy (non-hydrogen) atoms. The number of rotatable bonds is 7. The Balaban J connectivity index is 1.37. The second-order valence-electron chi connectivity index (χ2n) is 7.16. The summed E-state index contributed by atoms with van der Waals surface area (Å²) in [5, 5.41) is 21.1. The number of anilines is 2. The SMILES string of the molecule is Cc1nnsc1CNC(=O)c1csc(Nc2nccc([C@H]3CCCN(CC#N)C3)n2)n1. The van der Waals surface area contributed by atoms with Crippen molar-refractivity contribution in [3.8, 4) is 6.07 Å². The minimum absolute atomic E-state index is 0.258. The Morgan fingerprint density at radius 2 is 2.32 bits per heavy atom. The Kier molecular flexibility index (Phi) is 6.76. The van der Waals surface area contributed by atoms with Crippen molar-refractivity contribution in [3.63, 3.8) is 0 Å². The van der Waals surface area contributed by atoms with Gasteiger partial charge in [0.15, 0.2) is 5.13 Å². The standard InChI is InChI=1S/C19H21N9OS2/c1-12-16(31-27-26-12)9-22-17(29)15-11-30-19(24-15)25-18-21-6-4-14(23-18)13-3-2-7-28(10-13)8-5-20/h4,6,11,13H,2-3,7-10H2,1H3,(H,22,29)(H,21,23,24,25)/t13-/m0/s1. The number of nitrogens with zero attached hydrogens (tertiary/aromatic N) is 7. The van der Waals surface area contributed by atoms with E-state index in [-0.39, 0.29) is 11.8 Å². The average molecular weight is 456 g/mol. The summed E-state index contributed by atoms with van der Waals surface area (Å²) in [6, 6.07) is 4.14. The van der Waals surface area contributed by atoms with Crippen LogP contribution in [-0.4, -0.2) is 55.0 Å². The molecule has 3 aromatic heterocycles. The zero-order valence-corrected chi connectivity index (χ0v) is 18.5. The van der Waals surface area contributed by atoms with Gasteiger partial charge in [-0.25, -0.2) is 15.0 Å². The molecule has 4 heterocycles. The van der Waals surface area contributed by atoms with Crippen LogP contribution in [0, 0.1) is 18.3 Å². The molecule has 0 aromatic carbocycles. The molecule has 1 aliphatic rings. The van der Waals surface area contributed by atoms with Crippen LogP contribution in [0.3, 0.4) is 0 Å². The highest BCUT2D eigenvalue weighted by Crippen LogP contribution is 2.26. The van der Waals surface area contributed by atoms with Gasteiger partial charge in [0.05, 0.1) is 35.4 Å². The molecular weight excluding hydrogens is 434 g/mol. The zero-order chi connectivity index (χ0) is 21.6. The van der Waals surface area contributed by atoms with E-state index in [2.05, 4.69) is 46.1 Å². The number of aromatic nitrogens is 5. The highest BCUT2D eigenvalue weighted by atomic mass is 32.1. The van der Waals surface area contributed by atoms with Crippen molar-refractivity contribution in [2.24, 2.45) is 0 Å². The van der Waals surface area contributed by atoms with E-state index in [0.29, 0.717) is 29.9 Å². The van der Waals surface area contributed by atoms with Gasteiger partial charge in [-0.1, -0.05) is 4.49 Å². The molecule has 0 aliphatic carbocycles. The molecule has 0 saturated carbocycles. The second-order valence-corrected chi connectivity index (χ2v) is 8.86. The Morgan fingerprint density at radius 3 is 3.13 bits per heavy atom. The first-order valence-electron chi connectivity index (χ1n) is 9.83. The number of piperidine rings is 1. The second kappa shape index (κ2) is 9.86. The number of carbonyl (C=O) groups is 1. The summed E-state index contributed by atoms with van der Waals surface area (Å²) in [7, 11) is 0. The normalized spacial score (nSPS) is 16.6. The zero-order valence-electron chi connectivity index (χ0n) is 16.9. The van der Waals surface area contributed by atoms with Crippen molar-refractivity contribution < 1.29 is 4.79 Å². The van der Waals surface area contributed by atoms with E-state index in [9.17, 15) is 4.79 Å². The number of hydrogen-bond acceptors (Lipinski definition) is 11. The van der Waals surface area contributed by atoms with Crippen molar-refractivity contribution in [2.45, 2.75) is 32.2 Å². The van der Waals surface area contributed by atoms with Crippen LogP contribution in [-0.2, 0) is 6.54 Å². The van der Waals surface area contributed by atoms with E-state index in [0.717, 1.165) is 42.2 Å². The van der Waals surface area contributed by atoms with Gasteiger partial charge in [-0.3, -0.25) is 9.69 Å². The van der Waals surface area contributed by atoms with Gasteiger partial charge in [-0.15, -0.1) is 16.4 Å². The van der Waals surface area contributed by atoms with Gasteiger partial charge in [0.1, 0.15) is 5.69 Å². The van der Waals surface area contributed by atoms with E-state index in [1.807, 2.05) is 13.0 Å². The Labute approximate surface area is 187 Å². The van der Waals surface area contributed by atoms with Gasteiger partial charge in [0, 0.05) is 24.0 Å². The minimum atomic E-state index is -0.258. The Hall–Kier alpha value is -3.01. The predicted octanol–water partition coefficient (Wildman–Crippen LogP) is 2.47. The van der Waals surface area contributed by atoms with Crippen LogP contribution >= 0.6 is 22.9 Å². The van der Waals surface area contributed by atoms with Crippen LogP contribution in [0.5, 0.6) is 0 Å². The smallest absolute Gasteiger partial charge is 0.271 e. The number of hydrogen-bond donors (Lipinski definition) is 2. The molecular formula is C19H21N9OS2. The van der Waals surface area contributed by atoms with Crippen LogP contribution in [0.25, 0.3) is 0 Å². The first-order chi connectivity index (χ1) is 15.1. The van der Waals surface area contributed by atoms with Crippen LogP contribution in [0.2, 0.25) is 0 Å². The number of thiazole rings is 1. The Morgan fingerprint density at radius 1 is 1.42 bits per heavy atom. The average Bonchev–Trinajstić information content (AvgIpc) is 3.41. The quantitative estimate of drug-likeness (QED) is 0.515. The van der Waals surface area contributed by atoms with Gasteiger partial charge in [-0.2, -0.15) is 5.26 Å². The molecule has 1 amide bonds. The number of likely N-dealkylation sites (tertiary alicyclic amines) is 1. The van der Waals surface area contributed by atoms with Gasteiger partial charge >= 0.3 is 0 Å². The molecule has 0 radical (unpaired) electrons. The molecule has 12 heteroatoms. The fourth-order valence-electron chi connectivity index (χ4n) is 3.40. The largest absolute Gasteiger partial charge is 0.346 e. The first-order valence-corrected chi connectivity index (χ1v) is 11.5. The summed E-state index contributed by atoms with van der Waals surface area (Å²) in [6.45, 7) is 4.44. The predicted molar refractivity (Wildman–Crippen MR) is 117 cm³/mol. The lowest BCUT2D eigenvalue weighted by atomic mass is 9.94. The van der Waals surface area contributed by atoms with Crippen LogP contribution in [0.1, 0.15) is 45.5 Å². The molecule has 10 nitrogen and oxygen atoms in total. The first kappa shape index (κ1) is 21.2. The van der Waals surface area contributed by atoms with Gasteiger partial charge in [0.25, 0.3) is 5.91 Å². The van der Waals surface area contributed by atoms with E-state index in [1.165, 1.54) is 22.9 Å². The third kappa shape index (κ3) is 5.38. The lowest BCUT2D eigenvalue weighted by Gasteiger charge is -2.30. The van der Waals surface area contributed by atoms with Crippen molar-refractivity contribution in [1.82, 2.24) is 34.8 Å². The maximum atomic E-state index is 12.4. The van der Waals surface area contributed by atoms with E-state index in [4.69, 9.17) is 5.26 Å². The maximum absolute atomic E-state index is 12.4. The Bertz CT molecular complexity index is 1090. The number of nitriles is 1. The van der Waals surface area contributed by atoms with Crippen molar-refractivity contribution in [3.05, 3.63) is 39.6 Å². The number of carbonyl (C=O) groups excluding carboxylic acids is 1. The highest BCUT2D eigenvalue weighted by Gasteiger charge is 2.22. The fraction of sp³-hybridized carbons (Fsp3) is 0.421. The molecule has 1 saturated heterocycles. The van der Waals surface area contributed by atoms with Gasteiger partial charge in [0.2, 0.25) is 5.95 Å². The molecule has 1 aliphatic heterocycles. The van der Waals surface area contributed by atoms with Crippen LogP contribution < -0.4 is 10.6 Å². The number of nitrogens with one attached hydrogen (secondary N) is 2. The summed E-state index contributed by atoms with van der Waals surface area (Å²) in [5.74, 6) is 0.460. The maximum Gasteiger partial charge on any atom is 0.271 e. The van der Waals surface area contributed by atoms with Crippen molar-refractivity contribution in [2.75, 3.05) is 25.0 Å². The number of amides is 1. The molecule has 0 spiro atoms. The third-order valence-electron chi connectivity index (χ3n) is 5.01. The van der Waals surface area contributed by atoms with Gasteiger partial charge in [-0.05, 0) is 43.9 Å². The van der Waals surface area contributed by atoms with Gasteiger partial charge < -0.3 is 10.6 Å². The topological polar surface area (TPSA) is 133 Å². The van der Waals surface area contributed by atoms with Crippen LogP contribution in [0.15, 0.2) is 17.6 Å². The fourth-order valence-corrected chi connectivity index (χ4v) is 4.65. The molecule has 1 fully saturated rings.